The number of ether oxygens (including phenoxy) is 2. The van der Waals surface area contributed by atoms with Gasteiger partial charge in [0.25, 0.3) is 0 Å². The molecule has 0 aliphatic carbocycles. The fourth-order valence-corrected chi connectivity index (χ4v) is 3.57. The van der Waals surface area contributed by atoms with E-state index in [4.69, 9.17) is 9.47 Å². The monoisotopic (exact) mass is 369 g/mol. The van der Waals surface area contributed by atoms with Crippen molar-refractivity contribution in [2.75, 3.05) is 13.7 Å². The number of benzene rings is 1. The topological polar surface area (TPSA) is 93.1 Å². The summed E-state index contributed by atoms with van der Waals surface area (Å²) in [7, 11) is 1.28. The number of esters is 1. The number of hydrogen-bond acceptors (Lipinski definition) is 5. The van der Waals surface area contributed by atoms with E-state index in [1.165, 1.54) is 18.1 Å². The van der Waals surface area contributed by atoms with Crippen LogP contribution in [0.15, 0.2) is 29.2 Å². The van der Waals surface area contributed by atoms with Gasteiger partial charge in [-0.15, -0.1) is 0 Å². The molecule has 1 aromatic carbocycles. The molecule has 0 aromatic heterocycles. The van der Waals surface area contributed by atoms with Crippen LogP contribution in [-0.4, -0.2) is 45.0 Å². The highest BCUT2D eigenvalue weighted by atomic mass is 32.2. The molecule has 0 radical (unpaired) electrons. The van der Waals surface area contributed by atoms with Crippen LogP contribution in [0.5, 0.6) is 0 Å². The molecule has 1 fully saturated rings. The minimum Gasteiger partial charge on any atom is -0.469 e. The van der Waals surface area contributed by atoms with Gasteiger partial charge in [0.05, 0.1) is 24.0 Å². The maximum absolute atomic E-state index is 12.6. The summed E-state index contributed by atoms with van der Waals surface area (Å²) in [5, 5.41) is 0. The Balaban J connectivity index is 2.47. The number of carbonyl (C=O) groups is 2. The molecule has 3 unspecified atom stereocenters. The SMILES string of the molecule is COC(=O)C1CCN(C(=O)OC(C)(C)C)C1c1ccccc1S(=O)O. The first kappa shape index (κ1) is 19.4. The fraction of sp³-hybridized carbons (Fsp3) is 0.529. The molecule has 2 rings (SSSR count). The van der Waals surface area contributed by atoms with Gasteiger partial charge in [-0.05, 0) is 38.8 Å². The highest BCUT2D eigenvalue weighted by molar-refractivity contribution is 7.79. The molecule has 3 atom stereocenters. The van der Waals surface area contributed by atoms with Crippen molar-refractivity contribution in [3.8, 4) is 0 Å². The van der Waals surface area contributed by atoms with Crippen LogP contribution in [0.2, 0.25) is 0 Å². The number of nitrogens with zero attached hydrogens (tertiary/aromatic N) is 1. The normalized spacial score (nSPS) is 21.7. The zero-order chi connectivity index (χ0) is 18.8. The summed E-state index contributed by atoms with van der Waals surface area (Å²) in [4.78, 5) is 26.4. The first-order chi connectivity index (χ1) is 11.7. The highest BCUT2D eigenvalue weighted by Crippen LogP contribution is 2.40. The Bertz CT molecular complexity index is 684. The number of hydrogen-bond donors (Lipinski definition) is 1. The molecule has 8 heteroatoms. The Morgan fingerprint density at radius 2 is 1.92 bits per heavy atom. The van der Waals surface area contributed by atoms with Crippen LogP contribution in [0.25, 0.3) is 0 Å². The quantitative estimate of drug-likeness (QED) is 0.650. The average molecular weight is 369 g/mol. The summed E-state index contributed by atoms with van der Waals surface area (Å²) in [6.07, 6.45) is -0.175. The average Bonchev–Trinajstić information content (AvgIpc) is 2.97. The van der Waals surface area contributed by atoms with Gasteiger partial charge in [-0.3, -0.25) is 4.79 Å². The highest BCUT2D eigenvalue weighted by Gasteiger charge is 2.45. The van der Waals surface area contributed by atoms with E-state index >= 15 is 0 Å². The predicted octanol–water partition coefficient (Wildman–Crippen LogP) is 2.74. The maximum atomic E-state index is 12.6. The molecule has 1 N–H and O–H groups in total. The van der Waals surface area contributed by atoms with Crippen LogP contribution in [-0.2, 0) is 25.3 Å². The van der Waals surface area contributed by atoms with E-state index in [2.05, 4.69) is 0 Å². The number of methoxy groups -OCH3 is 1. The molecule has 25 heavy (non-hydrogen) atoms. The minimum absolute atomic E-state index is 0.164. The molecule has 0 bridgehead atoms. The Kier molecular flexibility index (Phi) is 5.84. The Morgan fingerprint density at radius 3 is 2.48 bits per heavy atom. The van der Waals surface area contributed by atoms with E-state index in [1.54, 1.807) is 39.0 Å². The zero-order valence-corrected chi connectivity index (χ0v) is 15.5. The van der Waals surface area contributed by atoms with E-state index in [0.717, 1.165) is 0 Å². The smallest absolute Gasteiger partial charge is 0.410 e. The number of likely N-dealkylation sites (tertiary alicyclic amines) is 1. The van der Waals surface area contributed by atoms with Gasteiger partial charge in [0.2, 0.25) is 0 Å². The molecule has 0 spiro atoms. The summed E-state index contributed by atoms with van der Waals surface area (Å²) in [5.41, 5.74) is -0.244. The summed E-state index contributed by atoms with van der Waals surface area (Å²) in [5.74, 6) is -1.09. The van der Waals surface area contributed by atoms with Crippen LogP contribution in [0.1, 0.15) is 38.8 Å². The van der Waals surface area contributed by atoms with Crippen molar-refractivity contribution < 1.29 is 27.8 Å². The molecule has 138 valence electrons. The van der Waals surface area contributed by atoms with Crippen LogP contribution in [0.4, 0.5) is 4.79 Å². The van der Waals surface area contributed by atoms with Crippen molar-refractivity contribution in [2.45, 2.75) is 43.7 Å². The van der Waals surface area contributed by atoms with E-state index in [-0.39, 0.29) is 4.90 Å². The Labute approximate surface area is 149 Å². The van der Waals surface area contributed by atoms with E-state index in [1.807, 2.05) is 0 Å². The predicted molar refractivity (Wildman–Crippen MR) is 91.3 cm³/mol. The van der Waals surface area contributed by atoms with Crippen LogP contribution in [0.3, 0.4) is 0 Å². The fourth-order valence-electron chi connectivity index (χ4n) is 2.98. The molecule has 1 aliphatic rings. The second-order valence-electron chi connectivity index (χ2n) is 6.82. The molecule has 7 nitrogen and oxygen atoms in total. The van der Waals surface area contributed by atoms with Gasteiger partial charge in [-0.2, -0.15) is 0 Å². The third kappa shape index (κ3) is 4.38. The van der Waals surface area contributed by atoms with Gasteiger partial charge < -0.3 is 18.9 Å². The molecule has 1 aromatic rings. The van der Waals surface area contributed by atoms with E-state index in [0.29, 0.717) is 18.5 Å². The molecule has 1 amide bonds. The summed E-state index contributed by atoms with van der Waals surface area (Å²) < 4.78 is 31.6. The van der Waals surface area contributed by atoms with Gasteiger partial charge in [0.15, 0.2) is 11.1 Å². The molecular weight excluding hydrogens is 346 g/mol. The van der Waals surface area contributed by atoms with Gasteiger partial charge in [-0.1, -0.05) is 18.2 Å². The second-order valence-corrected chi connectivity index (χ2v) is 7.76. The zero-order valence-electron chi connectivity index (χ0n) is 14.7. The van der Waals surface area contributed by atoms with Gasteiger partial charge in [0, 0.05) is 6.54 Å². The van der Waals surface area contributed by atoms with Crippen molar-refractivity contribution in [2.24, 2.45) is 5.92 Å². The third-order valence-corrected chi connectivity index (χ3v) is 4.70. The Morgan fingerprint density at radius 1 is 1.28 bits per heavy atom. The largest absolute Gasteiger partial charge is 0.469 e. The van der Waals surface area contributed by atoms with Gasteiger partial charge in [0.1, 0.15) is 5.60 Å². The summed E-state index contributed by atoms with van der Waals surface area (Å²) in [6.45, 7) is 5.56. The van der Waals surface area contributed by atoms with Gasteiger partial charge >= 0.3 is 12.1 Å². The summed E-state index contributed by atoms with van der Waals surface area (Å²) in [6, 6.07) is 5.77. The number of amides is 1. The van der Waals surface area contributed by atoms with Crippen molar-refractivity contribution >= 4 is 23.1 Å². The van der Waals surface area contributed by atoms with Crippen molar-refractivity contribution in [3.63, 3.8) is 0 Å². The lowest BCUT2D eigenvalue weighted by atomic mass is 9.93. The van der Waals surface area contributed by atoms with E-state index < -0.39 is 40.7 Å². The maximum Gasteiger partial charge on any atom is 0.410 e. The van der Waals surface area contributed by atoms with Crippen molar-refractivity contribution in [3.05, 3.63) is 29.8 Å². The lowest BCUT2D eigenvalue weighted by Crippen LogP contribution is -2.38. The molecular formula is C17H23NO6S. The molecule has 1 aliphatic heterocycles. The van der Waals surface area contributed by atoms with Crippen LogP contribution in [0, 0.1) is 5.92 Å². The van der Waals surface area contributed by atoms with Crippen LogP contribution < -0.4 is 0 Å². The molecule has 1 heterocycles. The lowest BCUT2D eigenvalue weighted by molar-refractivity contribution is -0.146. The first-order valence-corrected chi connectivity index (χ1v) is 9.03. The minimum atomic E-state index is -2.24. The van der Waals surface area contributed by atoms with Crippen molar-refractivity contribution in [1.29, 1.82) is 0 Å². The van der Waals surface area contributed by atoms with Crippen molar-refractivity contribution in [1.82, 2.24) is 4.90 Å². The lowest BCUT2D eigenvalue weighted by Gasteiger charge is -2.31. The molecule has 0 saturated carbocycles. The second kappa shape index (κ2) is 7.53. The number of carbonyl (C=O) groups excluding carboxylic acids is 2. The third-order valence-electron chi connectivity index (χ3n) is 3.96. The summed E-state index contributed by atoms with van der Waals surface area (Å²) >= 11 is -2.24. The standard InChI is InChI=1S/C17H23NO6S/c1-17(2,3)24-16(20)18-10-9-12(15(19)23-4)14(18)11-7-5-6-8-13(11)25(21)22/h5-8,12,14H,9-10H2,1-4H3,(H,21,22). The molecule has 1 saturated heterocycles. The number of rotatable bonds is 3. The first-order valence-electron chi connectivity index (χ1n) is 7.93. The van der Waals surface area contributed by atoms with Gasteiger partial charge in [-0.25, -0.2) is 9.00 Å². The van der Waals surface area contributed by atoms with E-state index in [9.17, 15) is 18.4 Å². The van der Waals surface area contributed by atoms with Crippen LogP contribution >= 0.6 is 0 Å². The Hall–Kier alpha value is -1.93.